The number of nitriles is 1. The number of H-pyrrole nitrogens is 1. The first-order valence-electron chi connectivity index (χ1n) is 8.39. The van der Waals surface area contributed by atoms with Crippen LogP contribution in [-0.2, 0) is 6.18 Å². The quantitative estimate of drug-likeness (QED) is 0.387. The summed E-state index contributed by atoms with van der Waals surface area (Å²) in [6, 6.07) is 15.7. The SMILES string of the molecule is N#C/C(=C\c1ccc(-c2c(Cl)cccc2C(F)(F)F)o1)c1nc2ccccc2[nH]1. The Morgan fingerprint density at radius 1 is 1.10 bits per heavy atom. The minimum atomic E-state index is -4.59. The number of hydrogen-bond acceptors (Lipinski definition) is 3. The summed E-state index contributed by atoms with van der Waals surface area (Å²) in [6.07, 6.45) is -3.18. The van der Waals surface area contributed by atoms with Crippen molar-refractivity contribution in [2.45, 2.75) is 6.18 Å². The molecule has 0 aliphatic heterocycles. The van der Waals surface area contributed by atoms with Gasteiger partial charge in [0.25, 0.3) is 0 Å². The van der Waals surface area contributed by atoms with E-state index in [-0.39, 0.29) is 27.7 Å². The van der Waals surface area contributed by atoms with Crippen LogP contribution in [0.4, 0.5) is 13.2 Å². The summed E-state index contributed by atoms with van der Waals surface area (Å²) >= 11 is 6.01. The van der Waals surface area contributed by atoms with E-state index in [0.29, 0.717) is 11.3 Å². The average Bonchev–Trinajstić information content (AvgIpc) is 3.31. The molecule has 0 aliphatic carbocycles. The van der Waals surface area contributed by atoms with Crippen molar-refractivity contribution in [3.05, 3.63) is 76.8 Å². The predicted octanol–water partition coefficient (Wildman–Crippen LogP) is 6.56. The Morgan fingerprint density at radius 3 is 2.62 bits per heavy atom. The summed E-state index contributed by atoms with van der Waals surface area (Å²) in [6.45, 7) is 0. The molecule has 0 bridgehead atoms. The average molecular weight is 414 g/mol. The second-order valence-corrected chi connectivity index (χ2v) is 6.54. The minimum absolute atomic E-state index is 0.0453. The van der Waals surface area contributed by atoms with E-state index in [1.165, 1.54) is 30.3 Å². The van der Waals surface area contributed by atoms with Crippen LogP contribution in [0.25, 0.3) is 34.0 Å². The lowest BCUT2D eigenvalue weighted by Crippen LogP contribution is -2.07. The van der Waals surface area contributed by atoms with Crippen LogP contribution in [0.3, 0.4) is 0 Å². The molecule has 1 N–H and O–H groups in total. The molecular weight excluding hydrogens is 403 g/mol. The number of hydrogen-bond donors (Lipinski definition) is 1. The number of aromatic nitrogens is 2. The van der Waals surface area contributed by atoms with Crippen LogP contribution in [-0.4, -0.2) is 9.97 Å². The highest BCUT2D eigenvalue weighted by Gasteiger charge is 2.35. The van der Waals surface area contributed by atoms with Gasteiger partial charge in [-0.15, -0.1) is 0 Å². The molecule has 0 atom stereocenters. The molecule has 0 saturated carbocycles. The van der Waals surface area contributed by atoms with Gasteiger partial charge in [-0.1, -0.05) is 29.8 Å². The zero-order chi connectivity index (χ0) is 20.6. The van der Waals surface area contributed by atoms with Gasteiger partial charge >= 0.3 is 6.18 Å². The van der Waals surface area contributed by atoms with E-state index in [1.807, 2.05) is 24.3 Å². The molecule has 4 rings (SSSR count). The van der Waals surface area contributed by atoms with E-state index >= 15 is 0 Å². The fourth-order valence-corrected chi connectivity index (χ4v) is 3.22. The number of fused-ring (bicyclic) bond motifs is 1. The third-order valence-corrected chi connectivity index (χ3v) is 4.56. The number of benzene rings is 2. The van der Waals surface area contributed by atoms with Gasteiger partial charge in [0.1, 0.15) is 23.4 Å². The Hall–Kier alpha value is -3.50. The summed E-state index contributed by atoms with van der Waals surface area (Å²) in [5.74, 6) is 0.487. The van der Waals surface area contributed by atoms with Gasteiger partial charge in [0.2, 0.25) is 0 Å². The zero-order valence-electron chi connectivity index (χ0n) is 14.6. The van der Waals surface area contributed by atoms with E-state index in [2.05, 4.69) is 9.97 Å². The Kier molecular flexibility index (Phi) is 4.65. The number of para-hydroxylation sites is 2. The molecule has 2 aromatic heterocycles. The van der Waals surface area contributed by atoms with Crippen LogP contribution in [0.15, 0.2) is 59.0 Å². The molecule has 0 spiro atoms. The Balaban J connectivity index is 1.76. The first-order chi connectivity index (χ1) is 13.9. The summed E-state index contributed by atoms with van der Waals surface area (Å²) in [5.41, 5.74) is 0.484. The first-order valence-corrected chi connectivity index (χ1v) is 8.77. The lowest BCUT2D eigenvalue weighted by atomic mass is 10.0. The van der Waals surface area contributed by atoms with E-state index in [4.69, 9.17) is 16.0 Å². The second kappa shape index (κ2) is 7.15. The van der Waals surface area contributed by atoms with E-state index in [1.54, 1.807) is 6.07 Å². The number of aromatic amines is 1. The lowest BCUT2D eigenvalue weighted by molar-refractivity contribution is -0.137. The van der Waals surface area contributed by atoms with Crippen LogP contribution < -0.4 is 0 Å². The van der Waals surface area contributed by atoms with Crippen molar-refractivity contribution in [2.24, 2.45) is 0 Å². The van der Waals surface area contributed by atoms with Crippen LogP contribution in [0.5, 0.6) is 0 Å². The molecule has 29 heavy (non-hydrogen) atoms. The summed E-state index contributed by atoms with van der Waals surface area (Å²) in [4.78, 5) is 7.38. The van der Waals surface area contributed by atoms with Gasteiger partial charge in [-0.2, -0.15) is 18.4 Å². The maximum absolute atomic E-state index is 13.3. The monoisotopic (exact) mass is 413 g/mol. The number of alkyl halides is 3. The van der Waals surface area contributed by atoms with Crippen molar-refractivity contribution in [1.29, 1.82) is 5.26 Å². The zero-order valence-corrected chi connectivity index (χ0v) is 15.3. The Bertz CT molecular complexity index is 1250. The first kappa shape index (κ1) is 18.8. The molecule has 8 heteroatoms. The highest BCUT2D eigenvalue weighted by molar-refractivity contribution is 6.33. The third kappa shape index (κ3) is 3.62. The van der Waals surface area contributed by atoms with Gasteiger partial charge in [-0.3, -0.25) is 0 Å². The van der Waals surface area contributed by atoms with E-state index < -0.39 is 11.7 Å². The van der Waals surface area contributed by atoms with Crippen molar-refractivity contribution in [1.82, 2.24) is 9.97 Å². The molecule has 4 aromatic rings. The summed E-state index contributed by atoms with van der Waals surface area (Å²) in [5, 5.41) is 9.41. The van der Waals surface area contributed by atoms with Crippen LogP contribution in [0.1, 0.15) is 17.1 Å². The lowest BCUT2D eigenvalue weighted by Gasteiger charge is -2.12. The predicted molar refractivity (Wildman–Crippen MR) is 104 cm³/mol. The second-order valence-electron chi connectivity index (χ2n) is 6.13. The van der Waals surface area contributed by atoms with Gasteiger partial charge in [0.15, 0.2) is 0 Å². The maximum atomic E-state index is 13.3. The Labute approximate surface area is 167 Å². The molecule has 0 radical (unpaired) electrons. The van der Waals surface area contributed by atoms with Crippen LogP contribution in [0, 0.1) is 11.3 Å². The number of rotatable bonds is 3. The fourth-order valence-electron chi connectivity index (χ4n) is 2.95. The van der Waals surface area contributed by atoms with Gasteiger partial charge < -0.3 is 9.40 Å². The molecule has 2 heterocycles. The number of nitrogens with one attached hydrogen (secondary N) is 1. The number of imidazole rings is 1. The van der Waals surface area contributed by atoms with Gasteiger partial charge in [-0.25, -0.2) is 4.98 Å². The molecule has 2 aromatic carbocycles. The number of nitrogens with zero attached hydrogens (tertiary/aromatic N) is 2. The third-order valence-electron chi connectivity index (χ3n) is 4.24. The molecule has 0 unspecified atom stereocenters. The summed E-state index contributed by atoms with van der Waals surface area (Å²) < 4.78 is 45.6. The smallest absolute Gasteiger partial charge is 0.417 e. The normalized spacial score (nSPS) is 12.3. The molecule has 4 nitrogen and oxygen atoms in total. The van der Waals surface area contributed by atoms with Gasteiger partial charge in [0, 0.05) is 11.6 Å². The maximum Gasteiger partial charge on any atom is 0.417 e. The number of furan rings is 1. The van der Waals surface area contributed by atoms with Crippen molar-refractivity contribution in [2.75, 3.05) is 0 Å². The molecule has 0 saturated heterocycles. The molecule has 0 aliphatic rings. The van der Waals surface area contributed by atoms with Crippen LogP contribution >= 0.6 is 11.6 Å². The largest absolute Gasteiger partial charge is 0.457 e. The number of allylic oxidation sites excluding steroid dienone is 1. The highest BCUT2D eigenvalue weighted by atomic mass is 35.5. The topological polar surface area (TPSA) is 65.6 Å². The summed E-state index contributed by atoms with van der Waals surface area (Å²) in [7, 11) is 0. The standard InChI is InChI=1S/C21H11ClF3N3O/c22-15-5-3-4-14(21(23,24)25)19(15)18-9-8-13(29-18)10-12(11-26)20-27-16-6-1-2-7-17(16)28-20/h1-10H,(H,27,28)/b12-10+. The van der Waals surface area contributed by atoms with E-state index in [9.17, 15) is 18.4 Å². The van der Waals surface area contributed by atoms with Crippen molar-refractivity contribution in [3.8, 4) is 17.4 Å². The van der Waals surface area contributed by atoms with Crippen molar-refractivity contribution < 1.29 is 17.6 Å². The fraction of sp³-hybridized carbons (Fsp3) is 0.0476. The molecule has 0 amide bonds. The molecule has 0 fully saturated rings. The molecule has 144 valence electrons. The van der Waals surface area contributed by atoms with Crippen LogP contribution in [0.2, 0.25) is 5.02 Å². The van der Waals surface area contributed by atoms with Gasteiger partial charge in [-0.05, 0) is 36.4 Å². The van der Waals surface area contributed by atoms with Gasteiger partial charge in [0.05, 0.1) is 27.2 Å². The van der Waals surface area contributed by atoms with Crippen molar-refractivity contribution in [3.63, 3.8) is 0 Å². The minimum Gasteiger partial charge on any atom is -0.457 e. The number of halogens is 4. The highest BCUT2D eigenvalue weighted by Crippen LogP contribution is 2.41. The van der Waals surface area contributed by atoms with Crippen molar-refractivity contribution >= 4 is 34.3 Å². The van der Waals surface area contributed by atoms with E-state index in [0.717, 1.165) is 11.6 Å². The molecular formula is C21H11ClF3N3O. The Morgan fingerprint density at radius 2 is 1.90 bits per heavy atom.